The van der Waals surface area contributed by atoms with Crippen molar-refractivity contribution in [3.8, 4) is 0 Å². The summed E-state index contributed by atoms with van der Waals surface area (Å²) in [6, 6.07) is 1.27. The summed E-state index contributed by atoms with van der Waals surface area (Å²) >= 11 is 0. The third-order valence-electron chi connectivity index (χ3n) is 1.94. The molecule has 10 heavy (non-hydrogen) atoms. The van der Waals surface area contributed by atoms with Gasteiger partial charge in [0.05, 0.1) is 0 Å². The second-order valence-corrected chi connectivity index (χ2v) is 2.71. The molecule has 2 rings (SSSR count). The van der Waals surface area contributed by atoms with Gasteiger partial charge in [-0.2, -0.15) is 0 Å². The van der Waals surface area contributed by atoms with E-state index in [9.17, 15) is 0 Å². The van der Waals surface area contributed by atoms with E-state index in [-0.39, 0.29) is 12.4 Å². The fourth-order valence-corrected chi connectivity index (χ4v) is 1.46. The predicted octanol–water partition coefficient (Wildman–Crippen LogP) is 1.65. The smallest absolute Gasteiger partial charge is 0.0290 e. The molecule has 56 valence electrons. The average Bonchev–Trinajstić information content (AvgIpc) is 1.88. The van der Waals surface area contributed by atoms with Gasteiger partial charge >= 0.3 is 0 Å². The van der Waals surface area contributed by atoms with Crippen LogP contribution in [0.3, 0.4) is 0 Å². The number of hydrogen-bond acceptors (Lipinski definition) is 1. The highest BCUT2D eigenvalue weighted by Gasteiger charge is 2.15. The lowest BCUT2D eigenvalue weighted by Crippen LogP contribution is -2.40. The highest BCUT2D eigenvalue weighted by Crippen LogP contribution is 2.13. The Hall–Kier alpha value is -0.270. The number of hydrogen-bond donors (Lipinski definition) is 1. The van der Waals surface area contributed by atoms with E-state index < -0.39 is 0 Å². The van der Waals surface area contributed by atoms with E-state index in [0.29, 0.717) is 12.1 Å². The van der Waals surface area contributed by atoms with Gasteiger partial charge in [0.25, 0.3) is 0 Å². The van der Waals surface area contributed by atoms with Crippen molar-refractivity contribution in [3.63, 3.8) is 0 Å². The summed E-state index contributed by atoms with van der Waals surface area (Å²) in [6.07, 6.45) is 11.4. The van der Waals surface area contributed by atoms with Gasteiger partial charge in [-0.3, -0.25) is 0 Å². The Bertz CT molecular complexity index is 145. The zero-order chi connectivity index (χ0) is 6.10. The van der Waals surface area contributed by atoms with Crippen molar-refractivity contribution in [2.45, 2.75) is 24.9 Å². The highest BCUT2D eigenvalue weighted by molar-refractivity contribution is 5.85. The van der Waals surface area contributed by atoms with Crippen LogP contribution in [0.5, 0.6) is 0 Å². The monoisotopic (exact) mass is 157 g/mol. The van der Waals surface area contributed by atoms with Crippen molar-refractivity contribution in [2.75, 3.05) is 0 Å². The maximum absolute atomic E-state index is 3.48. The van der Waals surface area contributed by atoms with E-state index in [2.05, 4.69) is 29.6 Å². The standard InChI is InChI=1S/C8H11N.ClH/c1-3-7-5-2-6-8(4-1)9-7;/h1-3,6-9H,4-5H2;1H. The lowest BCUT2D eigenvalue weighted by atomic mass is 9.98. The number of nitrogens with one attached hydrogen (secondary N) is 1. The number of fused-ring (bicyclic) bond motifs is 2. The minimum Gasteiger partial charge on any atom is -0.304 e. The SMILES string of the molecule is C1=CC2CC=CC(C1)N2.Cl. The minimum absolute atomic E-state index is 0. The van der Waals surface area contributed by atoms with E-state index >= 15 is 0 Å². The molecule has 2 unspecified atom stereocenters. The Labute approximate surface area is 67.6 Å². The predicted molar refractivity (Wildman–Crippen MR) is 45.5 cm³/mol. The van der Waals surface area contributed by atoms with Crippen LogP contribution < -0.4 is 5.32 Å². The summed E-state index contributed by atoms with van der Waals surface area (Å²) in [5.74, 6) is 0. The van der Waals surface area contributed by atoms with Crippen LogP contribution in [0.4, 0.5) is 0 Å². The molecule has 2 aliphatic heterocycles. The van der Waals surface area contributed by atoms with Crippen LogP contribution in [0, 0.1) is 0 Å². The summed E-state index contributed by atoms with van der Waals surface area (Å²) in [7, 11) is 0. The average molecular weight is 158 g/mol. The van der Waals surface area contributed by atoms with Gasteiger partial charge in [-0.25, -0.2) is 0 Å². The Kier molecular flexibility index (Phi) is 2.52. The van der Waals surface area contributed by atoms with Crippen molar-refractivity contribution < 1.29 is 0 Å². The van der Waals surface area contributed by atoms with Gasteiger partial charge in [-0.15, -0.1) is 12.4 Å². The molecule has 0 amide bonds. The first kappa shape index (κ1) is 7.83. The Morgan fingerprint density at radius 3 is 1.90 bits per heavy atom. The topological polar surface area (TPSA) is 12.0 Å². The zero-order valence-electron chi connectivity index (χ0n) is 5.79. The summed E-state index contributed by atoms with van der Waals surface area (Å²) in [5.41, 5.74) is 0. The van der Waals surface area contributed by atoms with E-state index in [1.54, 1.807) is 0 Å². The van der Waals surface area contributed by atoms with E-state index in [4.69, 9.17) is 0 Å². The molecule has 0 spiro atoms. The summed E-state index contributed by atoms with van der Waals surface area (Å²) in [5, 5.41) is 3.48. The van der Waals surface area contributed by atoms with Crippen molar-refractivity contribution in [1.29, 1.82) is 0 Å². The molecule has 2 atom stereocenters. The van der Waals surface area contributed by atoms with Gasteiger partial charge < -0.3 is 5.32 Å². The van der Waals surface area contributed by atoms with Crippen molar-refractivity contribution >= 4 is 12.4 Å². The van der Waals surface area contributed by atoms with Crippen LogP contribution in [0.1, 0.15) is 12.8 Å². The van der Waals surface area contributed by atoms with Gasteiger partial charge in [-0.1, -0.05) is 24.3 Å². The van der Waals surface area contributed by atoms with Gasteiger partial charge in [0.15, 0.2) is 0 Å². The highest BCUT2D eigenvalue weighted by atomic mass is 35.5. The summed E-state index contributed by atoms with van der Waals surface area (Å²) < 4.78 is 0. The molecule has 2 aliphatic rings. The van der Waals surface area contributed by atoms with E-state index in [1.165, 1.54) is 12.8 Å². The van der Waals surface area contributed by atoms with Crippen LogP contribution in [0.2, 0.25) is 0 Å². The molecule has 0 aliphatic carbocycles. The summed E-state index contributed by atoms with van der Waals surface area (Å²) in [4.78, 5) is 0. The normalized spacial score (nSPS) is 35.2. The largest absolute Gasteiger partial charge is 0.304 e. The molecule has 0 fully saturated rings. The third-order valence-corrected chi connectivity index (χ3v) is 1.94. The maximum atomic E-state index is 3.48. The molecular weight excluding hydrogens is 146 g/mol. The second kappa shape index (κ2) is 3.22. The Morgan fingerprint density at radius 2 is 1.50 bits per heavy atom. The van der Waals surface area contributed by atoms with E-state index in [0.717, 1.165) is 0 Å². The molecule has 0 aromatic carbocycles. The fourth-order valence-electron chi connectivity index (χ4n) is 1.46. The first-order valence-corrected chi connectivity index (χ1v) is 3.54. The minimum atomic E-state index is 0. The molecule has 2 bridgehead atoms. The van der Waals surface area contributed by atoms with E-state index in [1.807, 2.05) is 0 Å². The van der Waals surface area contributed by atoms with Crippen LogP contribution in [-0.4, -0.2) is 12.1 Å². The quantitative estimate of drug-likeness (QED) is 0.528. The lowest BCUT2D eigenvalue weighted by Gasteiger charge is -2.27. The first-order valence-electron chi connectivity index (χ1n) is 3.54. The van der Waals surface area contributed by atoms with Crippen LogP contribution in [0.25, 0.3) is 0 Å². The lowest BCUT2D eigenvalue weighted by molar-refractivity contribution is 0.491. The molecular formula is C8H12ClN. The van der Waals surface area contributed by atoms with Crippen LogP contribution in [-0.2, 0) is 0 Å². The summed E-state index contributed by atoms with van der Waals surface area (Å²) in [6.45, 7) is 0. The molecule has 0 aromatic heterocycles. The van der Waals surface area contributed by atoms with Crippen molar-refractivity contribution in [3.05, 3.63) is 24.3 Å². The van der Waals surface area contributed by atoms with Gasteiger partial charge in [0.2, 0.25) is 0 Å². The third kappa shape index (κ3) is 1.41. The Morgan fingerprint density at radius 1 is 1.00 bits per heavy atom. The fraction of sp³-hybridized carbons (Fsp3) is 0.500. The van der Waals surface area contributed by atoms with Crippen LogP contribution >= 0.6 is 12.4 Å². The maximum Gasteiger partial charge on any atom is 0.0290 e. The molecule has 1 nitrogen and oxygen atoms in total. The van der Waals surface area contributed by atoms with Gasteiger partial charge in [0, 0.05) is 12.1 Å². The molecule has 0 saturated carbocycles. The molecule has 2 heteroatoms. The van der Waals surface area contributed by atoms with Crippen LogP contribution in [0.15, 0.2) is 24.3 Å². The van der Waals surface area contributed by atoms with Gasteiger partial charge in [-0.05, 0) is 12.8 Å². The first-order chi connectivity index (χ1) is 4.45. The molecule has 0 aromatic rings. The Balaban J connectivity index is 0.000000500. The molecule has 0 radical (unpaired) electrons. The second-order valence-electron chi connectivity index (χ2n) is 2.71. The van der Waals surface area contributed by atoms with Crippen molar-refractivity contribution in [2.24, 2.45) is 0 Å². The number of rotatable bonds is 0. The van der Waals surface area contributed by atoms with Gasteiger partial charge in [0.1, 0.15) is 0 Å². The van der Waals surface area contributed by atoms with Crippen molar-refractivity contribution in [1.82, 2.24) is 5.32 Å². The molecule has 2 heterocycles. The number of halogens is 1. The molecule has 1 N–H and O–H groups in total. The zero-order valence-corrected chi connectivity index (χ0v) is 6.60. The molecule has 0 saturated heterocycles.